The van der Waals surface area contributed by atoms with Crippen LogP contribution >= 0.6 is 0 Å². The average molecular weight is 786 g/mol. The van der Waals surface area contributed by atoms with Crippen molar-refractivity contribution in [3.05, 3.63) is 71.3 Å². The van der Waals surface area contributed by atoms with Crippen molar-refractivity contribution < 1.29 is 51.8 Å². The molecule has 0 aromatic heterocycles. The molecular formula is C40H53F2N5O9. The number of alkyl carbamates (subject to hydrolysis) is 1. The summed E-state index contributed by atoms with van der Waals surface area (Å²) in [6.07, 6.45) is 0.436. The first-order chi connectivity index (χ1) is 26.5. The summed E-state index contributed by atoms with van der Waals surface area (Å²) in [5, 5.41) is 9.43. The molecule has 3 atom stereocenters. The third-order valence-corrected chi connectivity index (χ3v) is 9.41. The number of hydrogen-bond acceptors (Lipinski definition) is 9. The van der Waals surface area contributed by atoms with Gasteiger partial charge in [-0.25, -0.2) is 9.59 Å². The molecule has 5 amide bonds. The molecule has 2 aromatic carbocycles. The van der Waals surface area contributed by atoms with Crippen LogP contribution in [0.1, 0.15) is 70.6 Å². The molecule has 3 rings (SSSR count). The van der Waals surface area contributed by atoms with E-state index in [4.69, 9.17) is 4.74 Å². The van der Waals surface area contributed by atoms with E-state index in [2.05, 4.69) is 20.7 Å². The van der Waals surface area contributed by atoms with E-state index in [1.807, 2.05) is 35.6 Å². The lowest BCUT2D eigenvalue weighted by Crippen LogP contribution is -2.59. The molecule has 0 fully saturated rings. The van der Waals surface area contributed by atoms with E-state index < -0.39 is 89.9 Å². The van der Waals surface area contributed by atoms with Crippen molar-refractivity contribution in [1.29, 1.82) is 0 Å². The quantitative estimate of drug-likeness (QED) is 0.0888. The number of ether oxygens (including phenoxy) is 2. The highest BCUT2D eigenvalue weighted by Gasteiger charge is 2.51. The van der Waals surface area contributed by atoms with Gasteiger partial charge in [0.05, 0.1) is 19.7 Å². The van der Waals surface area contributed by atoms with Gasteiger partial charge in [0.25, 0.3) is 5.91 Å². The first kappa shape index (κ1) is 45.0. The molecular weight excluding hydrogens is 732 g/mol. The summed E-state index contributed by atoms with van der Waals surface area (Å²) < 4.78 is 40.7. The van der Waals surface area contributed by atoms with Gasteiger partial charge in [-0.05, 0) is 60.6 Å². The zero-order valence-electron chi connectivity index (χ0n) is 32.7. The van der Waals surface area contributed by atoms with Crippen LogP contribution in [0, 0.1) is 11.8 Å². The maximum atomic E-state index is 15.3. The van der Waals surface area contributed by atoms with Gasteiger partial charge in [-0.15, -0.1) is 0 Å². The number of ketones is 1. The van der Waals surface area contributed by atoms with E-state index in [1.54, 1.807) is 38.1 Å². The molecule has 4 N–H and O–H groups in total. The topological polar surface area (TPSA) is 189 Å². The molecule has 0 radical (unpaired) electrons. The third kappa shape index (κ3) is 12.8. The number of carbonyl (C=O) groups is 7. The second kappa shape index (κ2) is 21.0. The Morgan fingerprint density at radius 2 is 1.41 bits per heavy atom. The van der Waals surface area contributed by atoms with E-state index in [9.17, 15) is 33.6 Å². The number of alkyl halides is 2. The van der Waals surface area contributed by atoms with Crippen LogP contribution in [0.25, 0.3) is 0 Å². The summed E-state index contributed by atoms with van der Waals surface area (Å²) in [7, 11) is 1.16. The second-order valence-corrected chi connectivity index (χ2v) is 14.5. The molecule has 2 aromatic rings. The third-order valence-electron chi connectivity index (χ3n) is 9.41. The summed E-state index contributed by atoms with van der Waals surface area (Å²) >= 11 is 0. The number of benzene rings is 2. The van der Waals surface area contributed by atoms with Gasteiger partial charge in [0, 0.05) is 19.5 Å². The molecule has 0 saturated carbocycles. The Morgan fingerprint density at radius 1 is 0.821 bits per heavy atom. The fraction of sp³-hybridized carbons (Fsp3) is 0.525. The fourth-order valence-corrected chi connectivity index (χ4v) is 6.37. The summed E-state index contributed by atoms with van der Waals surface area (Å²) in [4.78, 5) is 91.1. The molecule has 306 valence electrons. The van der Waals surface area contributed by atoms with Gasteiger partial charge in [-0.1, -0.05) is 82.3 Å². The lowest BCUT2D eigenvalue weighted by molar-refractivity contribution is -0.161. The number of carbonyl (C=O) groups excluding carboxylic acids is 7. The van der Waals surface area contributed by atoms with Crippen LogP contribution in [0.4, 0.5) is 13.6 Å². The maximum absolute atomic E-state index is 15.3. The number of hydrogen-bond donors (Lipinski definition) is 4. The summed E-state index contributed by atoms with van der Waals surface area (Å²) in [5.41, 5.74) is 2.66. The number of esters is 1. The Labute approximate surface area is 325 Å². The molecule has 14 nitrogen and oxygen atoms in total. The maximum Gasteiger partial charge on any atom is 0.408 e. The second-order valence-electron chi connectivity index (χ2n) is 14.5. The van der Waals surface area contributed by atoms with E-state index in [0.29, 0.717) is 12.8 Å². The highest BCUT2D eigenvalue weighted by Crippen LogP contribution is 2.27. The molecule has 0 saturated heterocycles. The van der Waals surface area contributed by atoms with Gasteiger partial charge in [0.2, 0.25) is 23.5 Å². The predicted molar refractivity (Wildman–Crippen MR) is 201 cm³/mol. The van der Waals surface area contributed by atoms with Gasteiger partial charge < -0.3 is 35.6 Å². The number of fused-ring (bicyclic) bond motifs is 1. The van der Waals surface area contributed by atoms with Crippen LogP contribution in [0.2, 0.25) is 0 Å². The fourth-order valence-electron chi connectivity index (χ4n) is 6.37. The minimum absolute atomic E-state index is 0.0413. The van der Waals surface area contributed by atoms with Crippen molar-refractivity contribution in [1.82, 2.24) is 26.2 Å². The van der Waals surface area contributed by atoms with Crippen LogP contribution in [-0.4, -0.2) is 96.7 Å². The van der Waals surface area contributed by atoms with Crippen molar-refractivity contribution in [2.24, 2.45) is 11.8 Å². The minimum Gasteiger partial charge on any atom is -0.467 e. The van der Waals surface area contributed by atoms with E-state index in [0.717, 1.165) is 23.8 Å². The Morgan fingerprint density at radius 3 is 1.96 bits per heavy atom. The highest BCUT2D eigenvalue weighted by atomic mass is 19.3. The molecule has 56 heavy (non-hydrogen) atoms. The SMILES string of the molecule is COC(=O)[C@H](CCCCNC(=O)C(F)(F)C(=O)[C@@H](NC(=O)CN(C(=O)[C@@H](NC(=O)OCc1ccccc1)C(C)C)C1Cc2ccccc2C1)C(C)C)NC(C)=O. The monoisotopic (exact) mass is 785 g/mol. The lowest BCUT2D eigenvalue weighted by Gasteiger charge is -2.34. The standard InChI is InChI=1S/C40H53F2N5O9/c1-24(2)33(35(50)40(41,42)38(53)43-19-13-12-18-31(37(52)55-6)44-26(5)48)45-32(49)22-47(30-20-28-16-10-11-17-29(28)21-30)36(51)34(25(3)4)46-39(54)56-23-27-14-8-7-9-15-27/h7-11,14-17,24-25,30-31,33-34H,12-13,18-23H2,1-6H3,(H,43,53)(H,44,48)(H,45,49)(H,46,54)/t31-,33-,34-/m0/s1. The molecule has 0 spiro atoms. The molecule has 0 aliphatic heterocycles. The Balaban J connectivity index is 1.70. The van der Waals surface area contributed by atoms with Crippen molar-refractivity contribution in [3.63, 3.8) is 0 Å². The largest absolute Gasteiger partial charge is 0.467 e. The van der Waals surface area contributed by atoms with Gasteiger partial charge in [0.1, 0.15) is 18.7 Å². The van der Waals surface area contributed by atoms with Gasteiger partial charge in [0.15, 0.2) is 0 Å². The van der Waals surface area contributed by atoms with Crippen molar-refractivity contribution in [2.45, 2.75) is 103 Å². The van der Waals surface area contributed by atoms with Crippen LogP contribution in [0.3, 0.4) is 0 Å². The van der Waals surface area contributed by atoms with E-state index in [-0.39, 0.29) is 32.4 Å². The molecule has 16 heteroatoms. The zero-order chi connectivity index (χ0) is 41.6. The van der Waals surface area contributed by atoms with Crippen molar-refractivity contribution in [3.8, 4) is 0 Å². The lowest BCUT2D eigenvalue weighted by atomic mass is 9.95. The molecule has 0 bridgehead atoms. The summed E-state index contributed by atoms with van der Waals surface area (Å²) in [6.45, 7) is 6.59. The zero-order valence-corrected chi connectivity index (χ0v) is 32.7. The first-order valence-electron chi connectivity index (χ1n) is 18.6. The van der Waals surface area contributed by atoms with Gasteiger partial charge >= 0.3 is 18.0 Å². The first-order valence-corrected chi connectivity index (χ1v) is 18.6. The minimum atomic E-state index is -4.53. The van der Waals surface area contributed by atoms with E-state index in [1.165, 1.54) is 25.7 Å². The van der Waals surface area contributed by atoms with Crippen molar-refractivity contribution in [2.75, 3.05) is 20.2 Å². The number of halogens is 2. The molecule has 1 aliphatic carbocycles. The number of Topliss-reactive ketones (excluding diaryl/α,β-unsaturated/α-hetero) is 1. The smallest absolute Gasteiger partial charge is 0.408 e. The average Bonchev–Trinajstić information content (AvgIpc) is 3.59. The van der Waals surface area contributed by atoms with Crippen molar-refractivity contribution >= 4 is 41.5 Å². The Bertz CT molecular complexity index is 1680. The number of unbranched alkanes of at least 4 members (excludes halogenated alkanes) is 1. The van der Waals surface area contributed by atoms with Crippen LogP contribution in [-0.2, 0) is 57.7 Å². The van der Waals surface area contributed by atoms with E-state index >= 15 is 8.78 Å². The summed E-state index contributed by atoms with van der Waals surface area (Å²) in [6, 6.07) is 12.1. The number of amides is 5. The predicted octanol–water partition coefficient (Wildman–Crippen LogP) is 3.24. The number of nitrogens with zero attached hydrogens (tertiary/aromatic N) is 1. The normalized spacial score (nSPS) is 14.2. The molecule has 0 unspecified atom stereocenters. The number of rotatable bonds is 20. The van der Waals surface area contributed by atoms with Crippen LogP contribution in [0.15, 0.2) is 54.6 Å². The van der Waals surface area contributed by atoms with Crippen LogP contribution < -0.4 is 21.3 Å². The summed E-state index contributed by atoms with van der Waals surface area (Å²) in [5.74, 6) is -12.2. The van der Waals surface area contributed by atoms with Gasteiger partial charge in [-0.2, -0.15) is 8.78 Å². The number of nitrogens with one attached hydrogen (secondary N) is 4. The Kier molecular flexibility index (Phi) is 16.9. The number of methoxy groups -OCH3 is 1. The molecule has 0 heterocycles. The highest BCUT2D eigenvalue weighted by molar-refractivity contribution is 6.10. The Hall–Kier alpha value is -5.41. The molecule has 1 aliphatic rings. The van der Waals surface area contributed by atoms with Gasteiger partial charge in [-0.3, -0.25) is 24.0 Å². The van der Waals surface area contributed by atoms with Crippen LogP contribution in [0.5, 0.6) is 0 Å².